The lowest BCUT2D eigenvalue weighted by molar-refractivity contribution is 0.0754. The Labute approximate surface area is 127 Å². The SMILES string of the molecule is O=C(c1ccccc1)N1CCSc2cccc(Cl)c2C1. The lowest BCUT2D eigenvalue weighted by Crippen LogP contribution is -2.31. The number of amides is 1. The van der Waals surface area contributed by atoms with E-state index in [0.29, 0.717) is 6.54 Å². The van der Waals surface area contributed by atoms with Crippen LogP contribution in [-0.4, -0.2) is 23.1 Å². The van der Waals surface area contributed by atoms with Crippen molar-refractivity contribution >= 4 is 29.3 Å². The molecule has 0 radical (unpaired) electrons. The average Bonchev–Trinajstić information content (AvgIpc) is 2.71. The van der Waals surface area contributed by atoms with Gasteiger partial charge in [-0.05, 0) is 24.3 Å². The lowest BCUT2D eigenvalue weighted by Gasteiger charge is -2.21. The van der Waals surface area contributed by atoms with Gasteiger partial charge in [-0.1, -0.05) is 35.9 Å². The van der Waals surface area contributed by atoms with Crippen LogP contribution in [0.5, 0.6) is 0 Å². The minimum Gasteiger partial charge on any atom is -0.333 e. The van der Waals surface area contributed by atoms with Crippen molar-refractivity contribution in [2.75, 3.05) is 12.3 Å². The van der Waals surface area contributed by atoms with Gasteiger partial charge < -0.3 is 4.90 Å². The predicted octanol–water partition coefficient (Wildman–Crippen LogP) is 4.09. The Kier molecular flexibility index (Phi) is 3.99. The van der Waals surface area contributed by atoms with E-state index in [1.165, 1.54) is 4.90 Å². The summed E-state index contributed by atoms with van der Waals surface area (Å²) in [6.45, 7) is 1.32. The van der Waals surface area contributed by atoms with Gasteiger partial charge in [0.25, 0.3) is 5.91 Å². The zero-order valence-electron chi connectivity index (χ0n) is 10.9. The van der Waals surface area contributed by atoms with Crippen molar-refractivity contribution in [2.24, 2.45) is 0 Å². The van der Waals surface area contributed by atoms with Crippen LogP contribution in [0.4, 0.5) is 0 Å². The van der Waals surface area contributed by atoms with Crippen LogP contribution < -0.4 is 0 Å². The highest BCUT2D eigenvalue weighted by molar-refractivity contribution is 7.99. The summed E-state index contributed by atoms with van der Waals surface area (Å²) in [4.78, 5) is 15.6. The molecule has 1 aliphatic heterocycles. The van der Waals surface area contributed by atoms with Crippen molar-refractivity contribution in [1.82, 2.24) is 4.90 Å². The second kappa shape index (κ2) is 5.90. The molecule has 0 bridgehead atoms. The zero-order valence-corrected chi connectivity index (χ0v) is 12.5. The van der Waals surface area contributed by atoms with E-state index in [4.69, 9.17) is 11.6 Å². The van der Waals surface area contributed by atoms with E-state index in [1.54, 1.807) is 11.8 Å². The second-order valence-corrected chi connectivity index (χ2v) is 6.20. The summed E-state index contributed by atoms with van der Waals surface area (Å²) in [6, 6.07) is 15.3. The summed E-state index contributed by atoms with van der Waals surface area (Å²) in [5.74, 6) is 0.963. The first-order valence-electron chi connectivity index (χ1n) is 6.50. The Morgan fingerprint density at radius 3 is 2.70 bits per heavy atom. The number of hydrogen-bond donors (Lipinski definition) is 0. The van der Waals surface area contributed by atoms with Crippen LogP contribution in [0, 0.1) is 0 Å². The summed E-state index contributed by atoms with van der Waals surface area (Å²) in [5.41, 5.74) is 1.79. The third kappa shape index (κ3) is 2.69. The van der Waals surface area contributed by atoms with E-state index in [0.717, 1.165) is 28.4 Å². The standard InChI is InChI=1S/C16H14ClNOS/c17-14-7-4-8-15-13(14)11-18(9-10-20-15)16(19)12-5-2-1-3-6-12/h1-8H,9-11H2. The van der Waals surface area contributed by atoms with E-state index in [1.807, 2.05) is 47.4 Å². The maximum atomic E-state index is 12.5. The maximum absolute atomic E-state index is 12.5. The monoisotopic (exact) mass is 303 g/mol. The molecule has 20 heavy (non-hydrogen) atoms. The quantitative estimate of drug-likeness (QED) is 0.791. The van der Waals surface area contributed by atoms with Gasteiger partial charge in [0.15, 0.2) is 0 Å². The molecule has 4 heteroatoms. The largest absolute Gasteiger partial charge is 0.333 e. The third-order valence-electron chi connectivity index (χ3n) is 3.35. The van der Waals surface area contributed by atoms with E-state index in [2.05, 4.69) is 6.07 Å². The molecule has 0 atom stereocenters. The Balaban J connectivity index is 1.89. The topological polar surface area (TPSA) is 20.3 Å². The van der Waals surface area contributed by atoms with Crippen LogP contribution >= 0.6 is 23.4 Å². The minimum absolute atomic E-state index is 0.0685. The molecule has 102 valence electrons. The lowest BCUT2D eigenvalue weighted by atomic mass is 10.1. The molecule has 1 aliphatic rings. The van der Waals surface area contributed by atoms with Gasteiger partial charge >= 0.3 is 0 Å². The van der Waals surface area contributed by atoms with Gasteiger partial charge in [-0.3, -0.25) is 4.79 Å². The summed E-state index contributed by atoms with van der Waals surface area (Å²) < 4.78 is 0. The van der Waals surface area contributed by atoms with Crippen LogP contribution in [0.25, 0.3) is 0 Å². The number of thioether (sulfide) groups is 1. The van der Waals surface area contributed by atoms with Crippen LogP contribution in [0.3, 0.4) is 0 Å². The molecule has 2 aromatic carbocycles. The fraction of sp³-hybridized carbons (Fsp3) is 0.188. The molecule has 0 spiro atoms. The van der Waals surface area contributed by atoms with Gasteiger partial charge in [0.2, 0.25) is 0 Å². The smallest absolute Gasteiger partial charge is 0.254 e. The normalized spacial score (nSPS) is 14.6. The molecule has 0 fully saturated rings. The van der Waals surface area contributed by atoms with Crippen molar-refractivity contribution in [2.45, 2.75) is 11.4 Å². The molecular weight excluding hydrogens is 290 g/mol. The third-order valence-corrected chi connectivity index (χ3v) is 4.79. The van der Waals surface area contributed by atoms with Crippen molar-refractivity contribution in [3.63, 3.8) is 0 Å². The first-order chi connectivity index (χ1) is 9.75. The summed E-state index contributed by atoms with van der Waals surface area (Å²) >= 11 is 8.04. The number of rotatable bonds is 1. The molecule has 1 amide bonds. The molecule has 2 aromatic rings. The number of hydrogen-bond acceptors (Lipinski definition) is 2. The summed E-state index contributed by atoms with van der Waals surface area (Å²) in [6.07, 6.45) is 0. The molecule has 0 saturated heterocycles. The minimum atomic E-state index is 0.0685. The Morgan fingerprint density at radius 1 is 1.10 bits per heavy atom. The molecule has 0 aliphatic carbocycles. The zero-order chi connectivity index (χ0) is 13.9. The average molecular weight is 304 g/mol. The highest BCUT2D eigenvalue weighted by atomic mass is 35.5. The Hall–Kier alpha value is -1.45. The molecule has 0 N–H and O–H groups in total. The number of carbonyl (C=O) groups is 1. The number of benzene rings is 2. The molecule has 1 heterocycles. The number of nitrogens with zero attached hydrogens (tertiary/aromatic N) is 1. The first-order valence-corrected chi connectivity index (χ1v) is 7.86. The number of halogens is 1. The highest BCUT2D eigenvalue weighted by Crippen LogP contribution is 2.32. The van der Waals surface area contributed by atoms with E-state index >= 15 is 0 Å². The maximum Gasteiger partial charge on any atom is 0.254 e. The predicted molar refractivity (Wildman–Crippen MR) is 83.4 cm³/mol. The van der Waals surface area contributed by atoms with Crippen molar-refractivity contribution in [1.29, 1.82) is 0 Å². The first kappa shape index (κ1) is 13.5. The van der Waals surface area contributed by atoms with Crippen molar-refractivity contribution in [3.8, 4) is 0 Å². The van der Waals surface area contributed by atoms with Crippen molar-refractivity contribution < 1.29 is 4.79 Å². The number of carbonyl (C=O) groups excluding carboxylic acids is 1. The van der Waals surface area contributed by atoms with Gasteiger partial charge in [-0.2, -0.15) is 0 Å². The molecule has 3 rings (SSSR count). The fourth-order valence-electron chi connectivity index (χ4n) is 2.30. The molecule has 0 unspecified atom stereocenters. The van der Waals surface area contributed by atoms with Gasteiger partial charge in [0.1, 0.15) is 0 Å². The van der Waals surface area contributed by atoms with E-state index in [-0.39, 0.29) is 5.91 Å². The van der Waals surface area contributed by atoms with Gasteiger partial charge in [-0.15, -0.1) is 11.8 Å². The van der Waals surface area contributed by atoms with Crippen molar-refractivity contribution in [3.05, 3.63) is 64.7 Å². The fourth-order valence-corrected chi connectivity index (χ4v) is 3.65. The summed E-state index contributed by atoms with van der Waals surface area (Å²) in [7, 11) is 0. The molecular formula is C16H14ClNOS. The Morgan fingerprint density at radius 2 is 1.90 bits per heavy atom. The van der Waals surface area contributed by atoms with E-state index in [9.17, 15) is 4.79 Å². The van der Waals surface area contributed by atoms with Gasteiger partial charge in [0.05, 0.1) is 0 Å². The van der Waals surface area contributed by atoms with Crippen LogP contribution in [0.15, 0.2) is 53.4 Å². The van der Waals surface area contributed by atoms with Crippen LogP contribution in [-0.2, 0) is 6.54 Å². The van der Waals surface area contributed by atoms with E-state index < -0.39 is 0 Å². The summed E-state index contributed by atoms with van der Waals surface area (Å²) in [5, 5.41) is 0.739. The highest BCUT2D eigenvalue weighted by Gasteiger charge is 2.21. The molecule has 2 nitrogen and oxygen atoms in total. The Bertz CT molecular complexity index is 630. The second-order valence-electron chi connectivity index (χ2n) is 4.66. The number of fused-ring (bicyclic) bond motifs is 1. The molecule has 0 aromatic heterocycles. The van der Waals surface area contributed by atoms with Gasteiger partial charge in [-0.25, -0.2) is 0 Å². The van der Waals surface area contributed by atoms with Crippen LogP contribution in [0.1, 0.15) is 15.9 Å². The molecule has 0 saturated carbocycles. The van der Waals surface area contributed by atoms with Gasteiger partial charge in [0, 0.05) is 39.9 Å². The van der Waals surface area contributed by atoms with Crippen LogP contribution in [0.2, 0.25) is 5.02 Å².